The number of aliphatic hydroxyl groups is 1. The van der Waals surface area contributed by atoms with Crippen LogP contribution >= 0.6 is 0 Å². The van der Waals surface area contributed by atoms with Crippen LogP contribution in [0.3, 0.4) is 0 Å². The van der Waals surface area contributed by atoms with Gasteiger partial charge in [-0.2, -0.15) is 0 Å². The van der Waals surface area contributed by atoms with Gasteiger partial charge in [-0.15, -0.1) is 0 Å². The van der Waals surface area contributed by atoms with Gasteiger partial charge in [0, 0.05) is 26.1 Å². The van der Waals surface area contributed by atoms with Crippen LogP contribution in [0.5, 0.6) is 0 Å². The number of carbonyl (C=O) groups excluding carboxylic acids is 2. The van der Waals surface area contributed by atoms with Crippen molar-refractivity contribution in [2.75, 3.05) is 20.7 Å². The molecule has 0 saturated heterocycles. The van der Waals surface area contributed by atoms with Gasteiger partial charge in [0.25, 0.3) is 5.91 Å². The van der Waals surface area contributed by atoms with Crippen molar-refractivity contribution >= 4 is 23.9 Å². The monoisotopic (exact) mass is 348 g/mol. The van der Waals surface area contributed by atoms with Crippen LogP contribution in [0.15, 0.2) is 30.3 Å². The zero-order chi connectivity index (χ0) is 18.8. The molecular weight excluding hydrogens is 324 g/mol. The van der Waals surface area contributed by atoms with E-state index >= 15 is 0 Å². The summed E-state index contributed by atoms with van der Waals surface area (Å²) in [6.07, 6.45) is 5.73. The van der Waals surface area contributed by atoms with E-state index in [2.05, 4.69) is 5.32 Å². The number of carbonyl (C=O) groups is 3. The summed E-state index contributed by atoms with van der Waals surface area (Å²) in [6.45, 7) is -0.674. The third kappa shape index (κ3) is 7.17. The van der Waals surface area contributed by atoms with Gasteiger partial charge >= 0.3 is 5.97 Å². The highest BCUT2D eigenvalue weighted by Gasteiger charge is 2.19. The van der Waals surface area contributed by atoms with Crippen LogP contribution in [0, 0.1) is 0 Å². The minimum Gasteiger partial charge on any atom is -0.480 e. The number of unbranched alkanes of at least 4 members (excludes halogenated alkanes) is 1. The Bertz CT molecular complexity index is 640. The lowest BCUT2D eigenvalue weighted by Gasteiger charge is -2.11. The first-order valence-corrected chi connectivity index (χ1v) is 7.96. The summed E-state index contributed by atoms with van der Waals surface area (Å²) < 4.78 is 0. The molecule has 7 heteroatoms. The van der Waals surface area contributed by atoms with E-state index in [1.807, 2.05) is 18.2 Å². The Balaban J connectivity index is 2.59. The molecule has 0 aliphatic carbocycles. The molecule has 2 amide bonds. The van der Waals surface area contributed by atoms with Crippen molar-refractivity contribution in [3.8, 4) is 0 Å². The van der Waals surface area contributed by atoms with Crippen LogP contribution in [0.1, 0.15) is 35.2 Å². The van der Waals surface area contributed by atoms with Gasteiger partial charge in [-0.25, -0.2) is 4.79 Å². The standard InChI is InChI=1S/C18H24N2O5/c1-20(2)16(22)10-5-3-4-7-13-8-6-9-14(11-13)17(23)19-15(12-21)18(24)25/h4,6-9,11,15,21H,3,5,10,12H2,1-2H3,(H,19,23)(H,24,25)/b7-4+. The summed E-state index contributed by atoms with van der Waals surface area (Å²) in [4.78, 5) is 35.9. The molecule has 1 atom stereocenters. The summed E-state index contributed by atoms with van der Waals surface area (Å²) in [7, 11) is 3.45. The molecule has 1 aromatic carbocycles. The maximum Gasteiger partial charge on any atom is 0.328 e. The second-order valence-electron chi connectivity index (χ2n) is 5.76. The molecule has 0 heterocycles. The minimum atomic E-state index is -1.33. The SMILES string of the molecule is CN(C)C(=O)CCC/C=C/c1cccc(C(=O)NC(CO)C(=O)O)c1. The van der Waals surface area contributed by atoms with E-state index in [0.29, 0.717) is 12.0 Å². The Morgan fingerprint density at radius 3 is 2.60 bits per heavy atom. The number of carboxylic acid groups (broad SMARTS) is 1. The molecule has 0 aliphatic heterocycles. The van der Waals surface area contributed by atoms with Crippen molar-refractivity contribution in [1.82, 2.24) is 10.2 Å². The second kappa shape index (κ2) is 10.2. The normalized spacial score (nSPS) is 12.0. The maximum atomic E-state index is 12.0. The molecule has 7 nitrogen and oxygen atoms in total. The van der Waals surface area contributed by atoms with Crippen molar-refractivity contribution in [3.63, 3.8) is 0 Å². The fourth-order valence-electron chi connectivity index (χ4n) is 2.02. The number of nitrogens with zero attached hydrogens (tertiary/aromatic N) is 1. The Labute approximate surface area is 147 Å². The average molecular weight is 348 g/mol. The van der Waals surface area contributed by atoms with Gasteiger partial charge in [-0.1, -0.05) is 24.3 Å². The van der Waals surface area contributed by atoms with E-state index in [1.165, 1.54) is 0 Å². The van der Waals surface area contributed by atoms with Crippen molar-refractivity contribution in [2.45, 2.75) is 25.3 Å². The van der Waals surface area contributed by atoms with Gasteiger partial charge in [-0.05, 0) is 30.5 Å². The summed E-state index contributed by atoms with van der Waals surface area (Å²) in [6, 6.07) is 5.38. The highest BCUT2D eigenvalue weighted by molar-refractivity contribution is 5.97. The van der Waals surface area contributed by atoms with E-state index in [0.717, 1.165) is 18.4 Å². The van der Waals surface area contributed by atoms with Crippen LogP contribution in [-0.2, 0) is 9.59 Å². The first kappa shape index (κ1) is 20.4. The number of benzene rings is 1. The van der Waals surface area contributed by atoms with Gasteiger partial charge in [0.15, 0.2) is 6.04 Å². The van der Waals surface area contributed by atoms with Crippen molar-refractivity contribution in [3.05, 3.63) is 41.5 Å². The Kier molecular flexibility index (Phi) is 8.35. The smallest absolute Gasteiger partial charge is 0.328 e. The molecule has 0 aliphatic rings. The summed E-state index contributed by atoms with van der Waals surface area (Å²) in [5.74, 6) is -1.77. The van der Waals surface area contributed by atoms with Crippen LogP contribution in [-0.4, -0.2) is 59.6 Å². The Morgan fingerprint density at radius 1 is 1.28 bits per heavy atom. The third-order valence-electron chi connectivity index (χ3n) is 3.51. The number of aliphatic hydroxyl groups excluding tert-OH is 1. The average Bonchev–Trinajstić information content (AvgIpc) is 2.58. The van der Waals surface area contributed by atoms with Gasteiger partial charge in [0.2, 0.25) is 5.91 Å². The number of carboxylic acids is 1. The lowest BCUT2D eigenvalue weighted by molar-refractivity contribution is -0.140. The molecule has 0 aromatic heterocycles. The molecule has 0 radical (unpaired) electrons. The fraction of sp³-hybridized carbons (Fsp3) is 0.389. The number of aliphatic carboxylic acids is 1. The molecule has 0 bridgehead atoms. The van der Waals surface area contributed by atoms with Gasteiger partial charge in [-0.3, -0.25) is 9.59 Å². The predicted octanol–water partition coefficient (Wildman–Crippen LogP) is 1.13. The van der Waals surface area contributed by atoms with Crippen LogP contribution in [0.2, 0.25) is 0 Å². The lowest BCUT2D eigenvalue weighted by Crippen LogP contribution is -2.43. The molecule has 0 fully saturated rings. The van der Waals surface area contributed by atoms with Gasteiger partial charge < -0.3 is 20.4 Å². The number of amides is 2. The molecule has 3 N–H and O–H groups in total. The van der Waals surface area contributed by atoms with Crippen molar-refractivity contribution < 1.29 is 24.6 Å². The zero-order valence-electron chi connectivity index (χ0n) is 14.4. The van der Waals surface area contributed by atoms with Crippen LogP contribution in [0.4, 0.5) is 0 Å². The van der Waals surface area contributed by atoms with Crippen LogP contribution in [0.25, 0.3) is 6.08 Å². The van der Waals surface area contributed by atoms with E-state index < -0.39 is 24.5 Å². The molecule has 0 saturated carbocycles. The molecule has 0 spiro atoms. The number of allylic oxidation sites excluding steroid dienone is 1. The third-order valence-corrected chi connectivity index (χ3v) is 3.51. The highest BCUT2D eigenvalue weighted by Crippen LogP contribution is 2.09. The fourth-order valence-corrected chi connectivity index (χ4v) is 2.02. The minimum absolute atomic E-state index is 0.0870. The molecule has 25 heavy (non-hydrogen) atoms. The number of rotatable bonds is 9. The lowest BCUT2D eigenvalue weighted by atomic mass is 10.1. The van der Waals surface area contributed by atoms with E-state index in [1.54, 1.807) is 37.2 Å². The summed E-state index contributed by atoms with van der Waals surface area (Å²) >= 11 is 0. The largest absolute Gasteiger partial charge is 0.480 e. The van der Waals surface area contributed by atoms with Crippen molar-refractivity contribution in [1.29, 1.82) is 0 Å². The first-order valence-electron chi connectivity index (χ1n) is 7.96. The number of hydrogen-bond donors (Lipinski definition) is 3. The van der Waals surface area contributed by atoms with Gasteiger partial charge in [0.05, 0.1) is 6.61 Å². The molecule has 1 aromatic rings. The molecule has 136 valence electrons. The number of hydrogen-bond acceptors (Lipinski definition) is 4. The summed E-state index contributed by atoms with van der Waals surface area (Å²) in [5, 5.41) is 20.1. The molecule has 1 rings (SSSR count). The molecule has 1 unspecified atom stereocenters. The summed E-state index contributed by atoms with van der Waals surface area (Å²) in [5.41, 5.74) is 1.10. The maximum absolute atomic E-state index is 12.0. The Morgan fingerprint density at radius 2 is 2.00 bits per heavy atom. The Hall–Kier alpha value is -2.67. The van der Waals surface area contributed by atoms with E-state index in [4.69, 9.17) is 10.2 Å². The van der Waals surface area contributed by atoms with E-state index in [9.17, 15) is 14.4 Å². The first-order chi connectivity index (χ1) is 11.8. The van der Waals surface area contributed by atoms with Crippen molar-refractivity contribution in [2.24, 2.45) is 0 Å². The second-order valence-corrected chi connectivity index (χ2v) is 5.76. The molecular formula is C18H24N2O5. The topological polar surface area (TPSA) is 107 Å². The van der Waals surface area contributed by atoms with Gasteiger partial charge in [0.1, 0.15) is 0 Å². The van der Waals surface area contributed by atoms with Crippen LogP contribution < -0.4 is 5.32 Å². The number of nitrogens with one attached hydrogen (secondary N) is 1. The highest BCUT2D eigenvalue weighted by atomic mass is 16.4. The quantitative estimate of drug-likeness (QED) is 0.580. The zero-order valence-corrected chi connectivity index (χ0v) is 14.4. The van der Waals surface area contributed by atoms with E-state index in [-0.39, 0.29) is 5.91 Å². The predicted molar refractivity (Wildman–Crippen MR) is 94.0 cm³/mol.